The van der Waals surface area contributed by atoms with Crippen molar-refractivity contribution in [3.8, 4) is 0 Å². The molecular weight excluding hydrogens is 286 g/mol. The molecule has 0 aliphatic heterocycles. The highest BCUT2D eigenvalue weighted by molar-refractivity contribution is 9.10. The second kappa shape index (κ2) is 4.58. The fourth-order valence-corrected chi connectivity index (χ4v) is 1.58. The van der Waals surface area contributed by atoms with Gasteiger partial charge in [0.2, 0.25) is 5.76 Å². The van der Waals surface area contributed by atoms with Gasteiger partial charge in [0.15, 0.2) is 6.39 Å². The summed E-state index contributed by atoms with van der Waals surface area (Å²) in [7, 11) is 0. The number of carbonyl (C=O) groups excluding carboxylic acids is 1. The van der Waals surface area contributed by atoms with E-state index in [9.17, 15) is 4.79 Å². The third kappa shape index (κ3) is 2.47. The molecule has 0 unspecified atom stereocenters. The van der Waals surface area contributed by atoms with Gasteiger partial charge in [0, 0.05) is 15.8 Å². The molecule has 1 amide bonds. The first-order valence-electron chi connectivity index (χ1n) is 4.84. The largest absolute Gasteiger partial charge is 0.438 e. The molecule has 0 saturated heterocycles. The van der Waals surface area contributed by atoms with Crippen LogP contribution in [-0.2, 0) is 0 Å². The summed E-state index contributed by atoms with van der Waals surface area (Å²) >= 11 is 3.28. The Balaban J connectivity index is 2.19. The molecular formula is C11H10BrN3O2. The Morgan fingerprint density at radius 3 is 2.88 bits per heavy atom. The van der Waals surface area contributed by atoms with Gasteiger partial charge in [0.25, 0.3) is 5.91 Å². The Morgan fingerprint density at radius 2 is 2.29 bits per heavy atom. The van der Waals surface area contributed by atoms with Gasteiger partial charge >= 0.3 is 0 Å². The summed E-state index contributed by atoms with van der Waals surface area (Å²) in [5.74, 6) is -0.145. The highest BCUT2D eigenvalue weighted by atomic mass is 79.9. The number of aryl methyl sites for hydroxylation is 1. The smallest absolute Gasteiger partial charge is 0.293 e. The molecule has 0 fully saturated rings. The van der Waals surface area contributed by atoms with Gasteiger partial charge in [-0.25, -0.2) is 4.98 Å². The SMILES string of the molecule is Cc1ncoc1C(=O)Nc1ccc(Br)c(N)c1. The molecule has 5 nitrogen and oxygen atoms in total. The Morgan fingerprint density at radius 1 is 1.53 bits per heavy atom. The molecule has 2 rings (SSSR count). The zero-order chi connectivity index (χ0) is 12.4. The van der Waals surface area contributed by atoms with E-state index in [1.807, 2.05) is 0 Å². The fourth-order valence-electron chi connectivity index (χ4n) is 1.33. The van der Waals surface area contributed by atoms with Crippen LogP contribution >= 0.6 is 15.9 Å². The number of nitrogens with one attached hydrogen (secondary N) is 1. The quantitative estimate of drug-likeness (QED) is 0.835. The molecule has 0 atom stereocenters. The van der Waals surface area contributed by atoms with Crippen LogP contribution in [0.15, 0.2) is 33.5 Å². The van der Waals surface area contributed by atoms with E-state index >= 15 is 0 Å². The first kappa shape index (κ1) is 11.7. The van der Waals surface area contributed by atoms with E-state index in [1.54, 1.807) is 25.1 Å². The van der Waals surface area contributed by atoms with Crippen LogP contribution in [0.25, 0.3) is 0 Å². The Bertz CT molecular complexity index is 566. The van der Waals surface area contributed by atoms with Crippen molar-refractivity contribution in [3.05, 3.63) is 40.5 Å². The monoisotopic (exact) mass is 295 g/mol. The molecule has 6 heteroatoms. The highest BCUT2D eigenvalue weighted by Gasteiger charge is 2.14. The minimum absolute atomic E-state index is 0.200. The molecule has 88 valence electrons. The van der Waals surface area contributed by atoms with Crippen molar-refractivity contribution < 1.29 is 9.21 Å². The lowest BCUT2D eigenvalue weighted by Gasteiger charge is -2.05. The molecule has 1 aromatic heterocycles. The van der Waals surface area contributed by atoms with Crippen LogP contribution in [0.5, 0.6) is 0 Å². The van der Waals surface area contributed by atoms with Gasteiger partial charge in [-0.05, 0) is 41.1 Å². The summed E-state index contributed by atoms with van der Waals surface area (Å²) in [6, 6.07) is 5.16. The topological polar surface area (TPSA) is 81.2 Å². The number of rotatable bonds is 2. The predicted octanol–water partition coefficient (Wildman–Crippen LogP) is 2.58. The summed E-state index contributed by atoms with van der Waals surface area (Å²) in [6.07, 6.45) is 1.24. The third-order valence-corrected chi connectivity index (χ3v) is 2.93. The van der Waals surface area contributed by atoms with Gasteiger partial charge < -0.3 is 15.5 Å². The van der Waals surface area contributed by atoms with Gasteiger partial charge in [-0.15, -0.1) is 0 Å². The van der Waals surface area contributed by atoms with E-state index in [0.29, 0.717) is 17.1 Å². The van der Waals surface area contributed by atoms with Crippen LogP contribution < -0.4 is 11.1 Å². The zero-order valence-corrected chi connectivity index (χ0v) is 10.6. The number of nitrogen functional groups attached to an aromatic ring is 1. The van der Waals surface area contributed by atoms with Crippen LogP contribution in [0.3, 0.4) is 0 Å². The number of nitrogens with zero attached hydrogens (tertiary/aromatic N) is 1. The molecule has 3 N–H and O–H groups in total. The second-order valence-electron chi connectivity index (χ2n) is 3.46. The van der Waals surface area contributed by atoms with Gasteiger partial charge in [0.05, 0.1) is 5.69 Å². The third-order valence-electron chi connectivity index (χ3n) is 2.21. The molecule has 1 heterocycles. The number of hydrogen-bond acceptors (Lipinski definition) is 4. The van der Waals surface area contributed by atoms with E-state index in [1.165, 1.54) is 6.39 Å². The van der Waals surface area contributed by atoms with Crippen molar-refractivity contribution in [1.82, 2.24) is 4.98 Å². The molecule has 2 aromatic rings. The van der Waals surface area contributed by atoms with E-state index in [2.05, 4.69) is 26.2 Å². The normalized spacial score (nSPS) is 10.2. The van der Waals surface area contributed by atoms with Gasteiger partial charge in [-0.1, -0.05) is 0 Å². The number of anilines is 2. The Hall–Kier alpha value is -1.82. The summed E-state index contributed by atoms with van der Waals surface area (Å²) in [4.78, 5) is 15.6. The minimum atomic E-state index is -0.346. The lowest BCUT2D eigenvalue weighted by Crippen LogP contribution is -2.12. The lowest BCUT2D eigenvalue weighted by molar-refractivity contribution is 0.0996. The molecule has 0 saturated carbocycles. The number of nitrogens with two attached hydrogens (primary N) is 1. The number of aromatic nitrogens is 1. The first-order valence-corrected chi connectivity index (χ1v) is 5.63. The van der Waals surface area contributed by atoms with Crippen LogP contribution in [0.1, 0.15) is 16.2 Å². The van der Waals surface area contributed by atoms with Crippen molar-refractivity contribution >= 4 is 33.2 Å². The summed E-state index contributed by atoms with van der Waals surface area (Å²) in [5, 5.41) is 2.68. The van der Waals surface area contributed by atoms with Crippen LogP contribution in [0.4, 0.5) is 11.4 Å². The number of amides is 1. The van der Waals surface area contributed by atoms with E-state index in [-0.39, 0.29) is 11.7 Å². The van der Waals surface area contributed by atoms with E-state index in [0.717, 1.165) is 4.47 Å². The number of halogens is 1. The number of carbonyl (C=O) groups is 1. The predicted molar refractivity (Wildman–Crippen MR) is 67.7 cm³/mol. The summed E-state index contributed by atoms with van der Waals surface area (Å²) in [5.41, 5.74) is 7.42. The first-order chi connectivity index (χ1) is 8.08. The maximum atomic E-state index is 11.8. The standard InChI is InChI=1S/C11H10BrN3O2/c1-6-10(17-5-14-6)11(16)15-7-2-3-8(12)9(13)4-7/h2-5H,13H2,1H3,(H,15,16). The van der Waals surface area contributed by atoms with Crippen LogP contribution in [0.2, 0.25) is 0 Å². The highest BCUT2D eigenvalue weighted by Crippen LogP contribution is 2.23. The minimum Gasteiger partial charge on any atom is -0.438 e. The van der Waals surface area contributed by atoms with Crippen molar-refractivity contribution in [1.29, 1.82) is 0 Å². The summed E-state index contributed by atoms with van der Waals surface area (Å²) < 4.78 is 5.77. The van der Waals surface area contributed by atoms with E-state index in [4.69, 9.17) is 10.2 Å². The van der Waals surface area contributed by atoms with Crippen LogP contribution in [0, 0.1) is 6.92 Å². The molecule has 0 spiro atoms. The van der Waals surface area contributed by atoms with E-state index < -0.39 is 0 Å². The lowest BCUT2D eigenvalue weighted by atomic mass is 10.2. The zero-order valence-electron chi connectivity index (χ0n) is 9.03. The van der Waals surface area contributed by atoms with Crippen molar-refractivity contribution in [2.24, 2.45) is 0 Å². The average Bonchev–Trinajstić information content (AvgIpc) is 2.70. The van der Waals surface area contributed by atoms with Crippen molar-refractivity contribution in [2.45, 2.75) is 6.92 Å². The molecule has 0 aliphatic rings. The van der Waals surface area contributed by atoms with Crippen molar-refractivity contribution in [3.63, 3.8) is 0 Å². The molecule has 0 aliphatic carbocycles. The number of hydrogen-bond donors (Lipinski definition) is 2. The van der Waals surface area contributed by atoms with Gasteiger partial charge in [-0.2, -0.15) is 0 Å². The molecule has 17 heavy (non-hydrogen) atoms. The Labute approximate surface area is 106 Å². The molecule has 0 radical (unpaired) electrons. The summed E-state index contributed by atoms with van der Waals surface area (Å²) in [6.45, 7) is 1.70. The molecule has 0 bridgehead atoms. The maximum absolute atomic E-state index is 11.8. The second-order valence-corrected chi connectivity index (χ2v) is 4.31. The van der Waals surface area contributed by atoms with Crippen molar-refractivity contribution in [2.75, 3.05) is 11.1 Å². The number of oxazole rings is 1. The average molecular weight is 296 g/mol. The maximum Gasteiger partial charge on any atom is 0.293 e. The van der Waals surface area contributed by atoms with Crippen LogP contribution in [-0.4, -0.2) is 10.9 Å². The molecule has 1 aromatic carbocycles. The number of benzene rings is 1. The van der Waals surface area contributed by atoms with Gasteiger partial charge in [-0.3, -0.25) is 4.79 Å². The fraction of sp³-hybridized carbons (Fsp3) is 0.0909. The Kier molecular flexibility index (Phi) is 3.14. The van der Waals surface area contributed by atoms with Gasteiger partial charge in [0.1, 0.15) is 0 Å².